The van der Waals surface area contributed by atoms with Gasteiger partial charge in [-0.05, 0) is 11.0 Å². The minimum atomic E-state index is -2.19. The quantitative estimate of drug-likeness (QED) is 0.391. The Labute approximate surface area is 57.6 Å². The highest BCUT2D eigenvalue weighted by molar-refractivity contribution is 7.48. The summed E-state index contributed by atoms with van der Waals surface area (Å²) in [5.74, 6) is 0. The summed E-state index contributed by atoms with van der Waals surface area (Å²) >= 11 is 0. The van der Waals surface area contributed by atoms with E-state index in [1.165, 1.54) is 0 Å². The molecule has 0 radical (unpaired) electrons. The number of hydrogen-bond acceptors (Lipinski definition) is 5. The van der Waals surface area contributed by atoms with Crippen molar-refractivity contribution in [1.29, 1.82) is 0 Å². The molecule has 1 rings (SSSR count). The molecule has 0 aliphatic carbocycles. The van der Waals surface area contributed by atoms with Gasteiger partial charge < -0.3 is 0 Å². The Balaban J connectivity index is 0.000000640. The lowest BCUT2D eigenvalue weighted by atomic mass is 11.6. The third-order valence-corrected chi connectivity index (χ3v) is 2.15. The maximum atomic E-state index is 10.1. The molecule has 2 unspecified atom stereocenters. The summed E-state index contributed by atoms with van der Waals surface area (Å²) in [5, 5.41) is 0. The van der Waals surface area contributed by atoms with Gasteiger partial charge in [0.15, 0.2) is 4.31 Å². The molecule has 0 aromatic rings. The first-order valence-corrected chi connectivity index (χ1v) is 3.86. The van der Waals surface area contributed by atoms with Crippen LogP contribution < -0.4 is 0 Å². The molecule has 5 nitrogen and oxygen atoms in total. The summed E-state index contributed by atoms with van der Waals surface area (Å²) < 4.78 is 32.7. The molecule has 1 saturated heterocycles. The van der Waals surface area contributed by atoms with Crippen LogP contribution in [0.25, 0.3) is 0 Å². The summed E-state index contributed by atoms with van der Waals surface area (Å²) in [6.07, 6.45) is 0. The normalized spacial score (nSPS) is 27.1. The minimum absolute atomic E-state index is 0. The first-order valence-electron chi connectivity index (χ1n) is 1.67. The van der Waals surface area contributed by atoms with E-state index in [1.807, 2.05) is 0 Å². The van der Waals surface area contributed by atoms with Crippen LogP contribution in [0.5, 0.6) is 0 Å². The van der Waals surface area contributed by atoms with Crippen LogP contribution in [-0.2, 0) is 22.5 Å². The van der Waals surface area contributed by atoms with Crippen LogP contribution in [-0.4, -0.2) is 17.8 Å². The molecule has 2 atom stereocenters. The molecule has 52 valence electrons. The Kier molecular flexibility index (Phi) is 4.30. The highest BCUT2D eigenvalue weighted by Crippen LogP contribution is 2.44. The molecule has 1 fully saturated rings. The molecule has 1 aliphatic heterocycles. The Morgan fingerprint density at radius 1 is 1.11 bits per heavy atom. The fourth-order valence-electron chi connectivity index (χ4n) is 0.211. The van der Waals surface area contributed by atoms with Gasteiger partial charge in [0.1, 0.15) is 0 Å². The molecular formula is CH6O5P2Si+2. The fourth-order valence-corrected chi connectivity index (χ4v) is 1.38. The van der Waals surface area contributed by atoms with Crippen LogP contribution in [0.15, 0.2) is 0 Å². The lowest BCUT2D eigenvalue weighted by molar-refractivity contribution is 0.0870. The SMILES string of the molecule is O=[P+]1OCO[P+](=O)O1.[SiH4]. The van der Waals surface area contributed by atoms with E-state index in [0.29, 0.717) is 0 Å². The van der Waals surface area contributed by atoms with E-state index in [1.54, 1.807) is 0 Å². The van der Waals surface area contributed by atoms with Crippen molar-refractivity contribution in [3.05, 3.63) is 0 Å². The molecular weight excluding hydrogens is 182 g/mol. The van der Waals surface area contributed by atoms with Gasteiger partial charge in [0.05, 0.1) is 0 Å². The van der Waals surface area contributed by atoms with Gasteiger partial charge in [0.2, 0.25) is 0 Å². The average Bonchev–Trinajstić information content (AvgIpc) is 1.64. The van der Waals surface area contributed by atoms with E-state index in [4.69, 9.17) is 0 Å². The molecule has 0 aromatic carbocycles. The molecule has 0 saturated carbocycles. The van der Waals surface area contributed by atoms with Gasteiger partial charge in [-0.3, -0.25) is 0 Å². The Morgan fingerprint density at radius 3 is 1.78 bits per heavy atom. The van der Waals surface area contributed by atoms with Crippen molar-refractivity contribution in [2.75, 3.05) is 6.79 Å². The highest BCUT2D eigenvalue weighted by Gasteiger charge is 2.46. The Hall–Kier alpha value is 0.297. The summed E-state index contributed by atoms with van der Waals surface area (Å²) in [4.78, 5) is 0. The minimum Gasteiger partial charge on any atom is -0.0822 e. The largest absolute Gasteiger partial charge is 0.750 e. The zero-order valence-corrected chi connectivity index (χ0v) is 5.43. The predicted molar refractivity (Wildman–Crippen MR) is 34.7 cm³/mol. The first kappa shape index (κ1) is 9.30. The van der Waals surface area contributed by atoms with E-state index in [-0.39, 0.29) is 17.8 Å². The van der Waals surface area contributed by atoms with E-state index < -0.39 is 16.5 Å². The van der Waals surface area contributed by atoms with E-state index in [2.05, 4.69) is 13.4 Å². The summed E-state index contributed by atoms with van der Waals surface area (Å²) in [7, 11) is -4.38. The lowest BCUT2D eigenvalue weighted by Crippen LogP contribution is -1.93. The summed E-state index contributed by atoms with van der Waals surface area (Å²) in [5.41, 5.74) is 0. The van der Waals surface area contributed by atoms with Crippen LogP contribution in [0.4, 0.5) is 0 Å². The van der Waals surface area contributed by atoms with Crippen molar-refractivity contribution < 1.29 is 22.5 Å². The van der Waals surface area contributed by atoms with E-state index in [0.717, 1.165) is 0 Å². The van der Waals surface area contributed by atoms with Gasteiger partial charge in [0.25, 0.3) is 6.79 Å². The van der Waals surface area contributed by atoms with Crippen LogP contribution in [0, 0.1) is 0 Å². The second-order valence-electron chi connectivity index (χ2n) is 0.905. The topological polar surface area (TPSA) is 61.8 Å². The molecule has 0 N–H and O–H groups in total. The summed E-state index contributed by atoms with van der Waals surface area (Å²) in [6.45, 7) is -0.218. The zero-order chi connectivity index (χ0) is 5.98. The van der Waals surface area contributed by atoms with Gasteiger partial charge in [-0.15, -0.1) is 0 Å². The second kappa shape index (κ2) is 4.17. The second-order valence-corrected chi connectivity index (χ2v) is 2.97. The summed E-state index contributed by atoms with van der Waals surface area (Å²) in [6, 6.07) is 0. The smallest absolute Gasteiger partial charge is 0.0822 e. The van der Waals surface area contributed by atoms with Crippen molar-refractivity contribution in [2.24, 2.45) is 0 Å². The van der Waals surface area contributed by atoms with Crippen LogP contribution in [0.1, 0.15) is 0 Å². The lowest BCUT2D eigenvalue weighted by Gasteiger charge is -1.82. The third-order valence-electron chi connectivity index (χ3n) is 0.450. The molecule has 0 spiro atoms. The number of hydrogen-bond donors (Lipinski definition) is 0. The molecule has 1 heterocycles. The molecule has 0 amide bonds. The third kappa shape index (κ3) is 3.10. The van der Waals surface area contributed by atoms with Crippen molar-refractivity contribution in [2.45, 2.75) is 0 Å². The van der Waals surface area contributed by atoms with Crippen LogP contribution >= 0.6 is 16.5 Å². The van der Waals surface area contributed by atoms with Crippen molar-refractivity contribution in [3.63, 3.8) is 0 Å². The standard InChI is InChI=1S/CH2O5P2.H4Si/c2-7-4-1-5-8(3)6-7;/h1H2;1H4/q+2;. The Morgan fingerprint density at radius 2 is 1.56 bits per heavy atom. The maximum absolute atomic E-state index is 10.1. The first-order chi connectivity index (χ1) is 3.79. The molecule has 0 aromatic heterocycles. The van der Waals surface area contributed by atoms with Gasteiger partial charge in [-0.25, -0.2) is 0 Å². The van der Waals surface area contributed by atoms with Gasteiger partial charge in [-0.1, -0.05) is 9.05 Å². The van der Waals surface area contributed by atoms with Crippen molar-refractivity contribution >= 4 is 27.5 Å². The Bertz CT molecular complexity index is 121. The zero-order valence-electron chi connectivity index (χ0n) is 3.64. The van der Waals surface area contributed by atoms with E-state index in [9.17, 15) is 9.13 Å². The van der Waals surface area contributed by atoms with Crippen molar-refractivity contribution in [1.82, 2.24) is 0 Å². The van der Waals surface area contributed by atoms with Gasteiger partial charge >= 0.3 is 16.5 Å². The fraction of sp³-hybridized carbons (Fsp3) is 1.00. The average molecular weight is 188 g/mol. The molecule has 0 bridgehead atoms. The molecule has 8 heteroatoms. The molecule has 9 heavy (non-hydrogen) atoms. The maximum Gasteiger partial charge on any atom is 0.750 e. The number of rotatable bonds is 0. The van der Waals surface area contributed by atoms with E-state index >= 15 is 0 Å². The van der Waals surface area contributed by atoms with Gasteiger partial charge in [0, 0.05) is 9.13 Å². The van der Waals surface area contributed by atoms with Gasteiger partial charge in [-0.2, -0.15) is 0 Å². The monoisotopic (exact) mass is 188 g/mol. The van der Waals surface area contributed by atoms with Crippen LogP contribution in [0.3, 0.4) is 0 Å². The predicted octanol–water partition coefficient (Wildman–Crippen LogP) is -0.130. The highest BCUT2D eigenvalue weighted by atomic mass is 31.2. The molecule has 1 aliphatic rings. The van der Waals surface area contributed by atoms with Crippen LogP contribution in [0.2, 0.25) is 0 Å². The van der Waals surface area contributed by atoms with Crippen molar-refractivity contribution in [3.8, 4) is 0 Å².